The Bertz CT molecular complexity index is 1050. The van der Waals surface area contributed by atoms with Crippen molar-refractivity contribution in [1.29, 1.82) is 0 Å². The number of nitrogens with zero attached hydrogens (tertiary/aromatic N) is 2. The van der Waals surface area contributed by atoms with Gasteiger partial charge in [-0.25, -0.2) is 14.4 Å². The molecule has 3 heteroatoms. The summed E-state index contributed by atoms with van der Waals surface area (Å²) in [7, 11) is 0. The molecule has 0 bridgehead atoms. The monoisotopic (exact) mass is 462 g/mol. The molecule has 0 amide bonds. The van der Waals surface area contributed by atoms with Gasteiger partial charge >= 0.3 is 0 Å². The molecule has 0 N–H and O–H groups in total. The van der Waals surface area contributed by atoms with Gasteiger partial charge < -0.3 is 0 Å². The molecule has 4 saturated carbocycles. The summed E-state index contributed by atoms with van der Waals surface area (Å²) >= 11 is 0. The SMILES string of the molecule is C[C@H](CCc1ncc2ccc(F)cc2n1)C1CCC2C3CCC4CCCCC4(C)C3CCC21C. The summed E-state index contributed by atoms with van der Waals surface area (Å²) < 4.78 is 13.7. The molecule has 0 spiro atoms. The van der Waals surface area contributed by atoms with Crippen molar-refractivity contribution in [3.63, 3.8) is 0 Å². The molecule has 184 valence electrons. The van der Waals surface area contributed by atoms with Gasteiger partial charge in [0.1, 0.15) is 11.6 Å². The fourth-order valence-electron chi connectivity index (χ4n) is 9.98. The maximum Gasteiger partial charge on any atom is 0.128 e. The molecule has 2 nitrogen and oxygen atoms in total. The van der Waals surface area contributed by atoms with Crippen LogP contribution in [0.2, 0.25) is 0 Å². The first-order chi connectivity index (χ1) is 16.4. The summed E-state index contributed by atoms with van der Waals surface area (Å²) in [5.74, 6) is 6.10. The van der Waals surface area contributed by atoms with Gasteiger partial charge in [0, 0.05) is 24.1 Å². The van der Waals surface area contributed by atoms with E-state index in [9.17, 15) is 4.39 Å². The molecule has 4 aliphatic carbocycles. The van der Waals surface area contributed by atoms with Crippen LogP contribution in [0.1, 0.15) is 97.2 Å². The lowest BCUT2D eigenvalue weighted by Crippen LogP contribution is -2.53. The number of aromatic nitrogens is 2. The molecule has 0 radical (unpaired) electrons. The fraction of sp³-hybridized carbons (Fsp3) is 0.742. The summed E-state index contributed by atoms with van der Waals surface area (Å²) in [4.78, 5) is 9.28. The van der Waals surface area contributed by atoms with Crippen LogP contribution in [0.15, 0.2) is 24.4 Å². The van der Waals surface area contributed by atoms with E-state index in [4.69, 9.17) is 0 Å². The van der Waals surface area contributed by atoms with Gasteiger partial charge in [-0.05, 0) is 116 Å². The van der Waals surface area contributed by atoms with Crippen LogP contribution in [0.5, 0.6) is 0 Å². The van der Waals surface area contributed by atoms with Crippen LogP contribution >= 0.6 is 0 Å². The van der Waals surface area contributed by atoms with Crippen LogP contribution in [-0.4, -0.2) is 9.97 Å². The number of hydrogen-bond donors (Lipinski definition) is 0. The second kappa shape index (κ2) is 8.56. The van der Waals surface area contributed by atoms with E-state index in [0.717, 1.165) is 59.2 Å². The molecule has 4 aliphatic rings. The molecule has 0 aliphatic heterocycles. The van der Waals surface area contributed by atoms with Crippen molar-refractivity contribution in [1.82, 2.24) is 9.97 Å². The van der Waals surface area contributed by atoms with Crippen molar-refractivity contribution in [3.05, 3.63) is 36.0 Å². The maximum absolute atomic E-state index is 13.7. The normalized spacial score (nSPS) is 40.4. The summed E-state index contributed by atoms with van der Waals surface area (Å²) in [5, 5.41) is 0.919. The third kappa shape index (κ3) is 3.63. The summed E-state index contributed by atoms with van der Waals surface area (Å²) in [5.41, 5.74) is 1.89. The molecular formula is C31H43FN2. The van der Waals surface area contributed by atoms with Crippen molar-refractivity contribution in [2.24, 2.45) is 46.3 Å². The predicted octanol–water partition coefficient (Wildman–Crippen LogP) is 8.39. The van der Waals surface area contributed by atoms with E-state index < -0.39 is 0 Å². The lowest BCUT2D eigenvalue weighted by atomic mass is 9.44. The van der Waals surface area contributed by atoms with Crippen LogP contribution in [0, 0.1) is 52.2 Å². The number of benzene rings is 1. The number of fused-ring (bicyclic) bond motifs is 6. The van der Waals surface area contributed by atoms with Crippen LogP contribution in [0.3, 0.4) is 0 Å². The zero-order chi connectivity index (χ0) is 23.5. The van der Waals surface area contributed by atoms with Gasteiger partial charge in [0.05, 0.1) is 5.52 Å². The minimum atomic E-state index is -0.220. The van der Waals surface area contributed by atoms with E-state index >= 15 is 0 Å². The topological polar surface area (TPSA) is 25.8 Å². The van der Waals surface area contributed by atoms with E-state index in [0.29, 0.717) is 16.7 Å². The fourth-order valence-corrected chi connectivity index (χ4v) is 9.98. The van der Waals surface area contributed by atoms with Crippen molar-refractivity contribution in [2.75, 3.05) is 0 Å². The number of rotatable bonds is 4. The Labute approximate surface area is 205 Å². The van der Waals surface area contributed by atoms with Crippen LogP contribution in [0.25, 0.3) is 10.9 Å². The molecular weight excluding hydrogens is 419 g/mol. The zero-order valence-electron chi connectivity index (χ0n) is 21.5. The van der Waals surface area contributed by atoms with Gasteiger partial charge in [0.15, 0.2) is 0 Å². The molecule has 1 aromatic heterocycles. The highest BCUT2D eigenvalue weighted by Crippen LogP contribution is 2.68. The van der Waals surface area contributed by atoms with Gasteiger partial charge in [-0.3, -0.25) is 0 Å². The third-order valence-corrected chi connectivity index (χ3v) is 11.8. The van der Waals surface area contributed by atoms with Crippen molar-refractivity contribution >= 4 is 10.9 Å². The maximum atomic E-state index is 13.7. The average Bonchev–Trinajstić information content (AvgIpc) is 3.19. The largest absolute Gasteiger partial charge is 0.241 e. The van der Waals surface area contributed by atoms with E-state index in [2.05, 4.69) is 30.7 Å². The summed E-state index contributed by atoms with van der Waals surface area (Å²) in [6.07, 6.45) is 18.7. The minimum absolute atomic E-state index is 0.220. The lowest BCUT2D eigenvalue weighted by Gasteiger charge is -2.61. The van der Waals surface area contributed by atoms with Gasteiger partial charge in [-0.1, -0.05) is 33.6 Å². The Morgan fingerprint density at radius 1 is 0.971 bits per heavy atom. The van der Waals surface area contributed by atoms with Gasteiger partial charge in [0.25, 0.3) is 0 Å². The highest BCUT2D eigenvalue weighted by Gasteiger charge is 2.60. The Kier molecular flexibility index (Phi) is 5.77. The second-order valence-corrected chi connectivity index (χ2v) is 13.1. The van der Waals surface area contributed by atoms with Gasteiger partial charge in [-0.15, -0.1) is 0 Å². The highest BCUT2D eigenvalue weighted by atomic mass is 19.1. The molecule has 7 unspecified atom stereocenters. The predicted molar refractivity (Wildman–Crippen MR) is 137 cm³/mol. The van der Waals surface area contributed by atoms with Crippen molar-refractivity contribution in [3.8, 4) is 0 Å². The Morgan fingerprint density at radius 2 is 1.82 bits per heavy atom. The minimum Gasteiger partial charge on any atom is -0.241 e. The van der Waals surface area contributed by atoms with Crippen molar-refractivity contribution in [2.45, 2.75) is 97.8 Å². The average molecular weight is 463 g/mol. The molecule has 2 aromatic rings. The zero-order valence-corrected chi connectivity index (χ0v) is 21.5. The number of halogens is 1. The van der Waals surface area contributed by atoms with Crippen LogP contribution in [0.4, 0.5) is 4.39 Å². The number of hydrogen-bond acceptors (Lipinski definition) is 2. The molecule has 8 atom stereocenters. The lowest BCUT2D eigenvalue weighted by molar-refractivity contribution is -0.114. The molecule has 6 rings (SSSR count). The quantitative estimate of drug-likeness (QED) is 0.456. The second-order valence-electron chi connectivity index (χ2n) is 13.1. The van der Waals surface area contributed by atoms with Gasteiger partial charge in [0.2, 0.25) is 0 Å². The highest BCUT2D eigenvalue weighted by molar-refractivity contribution is 5.77. The first kappa shape index (κ1) is 22.9. The standard InChI is InChI=1S/C31H43FN2/c1-20(7-14-29-33-19-21-8-10-23(32)18-28(21)34-29)25-12-13-26-24-11-9-22-6-4-5-16-30(22,2)27(24)15-17-31(25,26)3/h8,10,18-20,22,24-27H,4-7,9,11-17H2,1-3H3/t20-,22?,24?,25?,26?,27?,30?,31?/m1/s1. The van der Waals surface area contributed by atoms with E-state index in [1.54, 1.807) is 6.07 Å². The first-order valence-electron chi connectivity index (χ1n) is 14.3. The molecule has 4 fully saturated rings. The van der Waals surface area contributed by atoms with E-state index in [1.807, 2.05) is 6.20 Å². The van der Waals surface area contributed by atoms with Crippen LogP contribution < -0.4 is 0 Å². The van der Waals surface area contributed by atoms with E-state index in [-0.39, 0.29) is 5.82 Å². The molecule has 34 heavy (non-hydrogen) atoms. The number of aryl methyl sites for hydroxylation is 1. The summed E-state index contributed by atoms with van der Waals surface area (Å²) in [6, 6.07) is 4.79. The Morgan fingerprint density at radius 3 is 2.71 bits per heavy atom. The van der Waals surface area contributed by atoms with E-state index in [1.165, 1.54) is 76.3 Å². The van der Waals surface area contributed by atoms with Crippen molar-refractivity contribution < 1.29 is 4.39 Å². The molecule has 1 aromatic carbocycles. The third-order valence-electron chi connectivity index (χ3n) is 11.8. The Balaban J connectivity index is 1.15. The molecule has 0 saturated heterocycles. The summed E-state index contributed by atoms with van der Waals surface area (Å²) in [6.45, 7) is 7.86. The molecule has 1 heterocycles. The van der Waals surface area contributed by atoms with Crippen LogP contribution in [-0.2, 0) is 6.42 Å². The smallest absolute Gasteiger partial charge is 0.128 e. The Hall–Kier alpha value is -1.51. The van der Waals surface area contributed by atoms with Gasteiger partial charge in [-0.2, -0.15) is 0 Å². The first-order valence-corrected chi connectivity index (χ1v) is 14.3.